The third kappa shape index (κ3) is 8.98. The highest BCUT2D eigenvalue weighted by molar-refractivity contribution is 5.80. The molecule has 0 heterocycles. The second-order valence-corrected chi connectivity index (χ2v) is 4.62. The molecule has 0 aromatic heterocycles. The molecule has 0 aromatic rings. The summed E-state index contributed by atoms with van der Waals surface area (Å²) >= 11 is 0. The summed E-state index contributed by atoms with van der Waals surface area (Å²) in [6.07, 6.45) is 7.85. The van der Waals surface area contributed by atoms with Gasteiger partial charge in [-0.15, -0.1) is 0 Å². The van der Waals surface area contributed by atoms with E-state index in [1.165, 1.54) is 25.7 Å². The highest BCUT2D eigenvalue weighted by Crippen LogP contribution is 2.13. The Morgan fingerprint density at radius 1 is 1.29 bits per heavy atom. The van der Waals surface area contributed by atoms with Crippen LogP contribution in [-0.4, -0.2) is 23.3 Å². The molecule has 0 bridgehead atoms. The van der Waals surface area contributed by atoms with Gasteiger partial charge in [0.05, 0.1) is 12.2 Å². The average Bonchev–Trinajstić information content (AvgIpc) is 2.33. The van der Waals surface area contributed by atoms with Crippen LogP contribution >= 0.6 is 0 Å². The van der Waals surface area contributed by atoms with Gasteiger partial charge in [-0.3, -0.25) is 0 Å². The van der Waals surface area contributed by atoms with Crippen molar-refractivity contribution < 1.29 is 9.94 Å². The Kier molecular flexibility index (Phi) is 9.92. The van der Waals surface area contributed by atoms with Crippen LogP contribution in [0.1, 0.15) is 65.7 Å². The summed E-state index contributed by atoms with van der Waals surface area (Å²) in [5, 5.41) is 11.5. The maximum atomic E-state index is 8.52. The molecule has 17 heavy (non-hydrogen) atoms. The predicted octanol–water partition coefficient (Wildman–Crippen LogP) is 3.28. The van der Waals surface area contributed by atoms with E-state index in [0.717, 1.165) is 12.8 Å². The van der Waals surface area contributed by atoms with Gasteiger partial charge in [0, 0.05) is 6.42 Å². The zero-order valence-electron chi connectivity index (χ0n) is 11.5. The van der Waals surface area contributed by atoms with Crippen molar-refractivity contribution in [3.63, 3.8) is 0 Å². The molecule has 0 rings (SSSR count). The van der Waals surface area contributed by atoms with Gasteiger partial charge in [0.15, 0.2) is 0 Å². The Morgan fingerprint density at radius 3 is 2.53 bits per heavy atom. The molecule has 0 saturated carbocycles. The van der Waals surface area contributed by atoms with E-state index in [9.17, 15) is 0 Å². The van der Waals surface area contributed by atoms with Crippen LogP contribution in [0, 0.1) is 0 Å². The largest absolute Gasteiger partial charge is 0.409 e. The number of hydrogen-bond donors (Lipinski definition) is 2. The molecule has 2 atom stereocenters. The van der Waals surface area contributed by atoms with E-state index in [1.807, 2.05) is 0 Å². The highest BCUT2D eigenvalue weighted by Gasteiger charge is 2.13. The first-order chi connectivity index (χ1) is 8.13. The normalized spacial score (nSPS) is 15.8. The minimum absolute atomic E-state index is 0.0621. The van der Waals surface area contributed by atoms with Crippen molar-refractivity contribution in [3.05, 3.63) is 0 Å². The van der Waals surface area contributed by atoms with Crippen LogP contribution in [0.25, 0.3) is 0 Å². The van der Waals surface area contributed by atoms with E-state index in [4.69, 9.17) is 15.7 Å². The van der Waals surface area contributed by atoms with E-state index in [1.54, 1.807) is 0 Å². The number of nitrogens with zero attached hydrogens (tertiary/aromatic N) is 1. The lowest BCUT2D eigenvalue weighted by atomic mass is 10.1. The molecule has 2 unspecified atom stereocenters. The Hall–Kier alpha value is -0.770. The van der Waals surface area contributed by atoms with Crippen LogP contribution < -0.4 is 5.73 Å². The summed E-state index contributed by atoms with van der Waals surface area (Å²) < 4.78 is 5.88. The molecule has 0 aromatic carbocycles. The van der Waals surface area contributed by atoms with Crippen molar-refractivity contribution in [2.45, 2.75) is 77.9 Å². The van der Waals surface area contributed by atoms with E-state index in [-0.39, 0.29) is 18.0 Å². The zero-order valence-corrected chi connectivity index (χ0v) is 11.5. The van der Waals surface area contributed by atoms with Crippen molar-refractivity contribution in [1.29, 1.82) is 0 Å². The molecule has 4 heteroatoms. The van der Waals surface area contributed by atoms with Crippen LogP contribution in [0.3, 0.4) is 0 Å². The monoisotopic (exact) mass is 244 g/mol. The molecule has 3 N–H and O–H groups in total. The fourth-order valence-electron chi connectivity index (χ4n) is 1.82. The molecule has 0 aliphatic rings. The first-order valence-corrected chi connectivity index (χ1v) is 6.75. The van der Waals surface area contributed by atoms with Crippen molar-refractivity contribution in [3.8, 4) is 0 Å². The first kappa shape index (κ1) is 16.2. The fourth-order valence-corrected chi connectivity index (χ4v) is 1.82. The molecule has 0 amide bonds. The quantitative estimate of drug-likeness (QED) is 0.204. The summed E-state index contributed by atoms with van der Waals surface area (Å²) in [6.45, 7) is 6.37. The molecule has 0 saturated heterocycles. The van der Waals surface area contributed by atoms with Crippen molar-refractivity contribution in [2.75, 3.05) is 0 Å². The Morgan fingerprint density at radius 2 is 2.00 bits per heavy atom. The molecule has 0 aliphatic carbocycles. The zero-order chi connectivity index (χ0) is 13.1. The minimum atomic E-state index is 0.0621. The van der Waals surface area contributed by atoms with Crippen LogP contribution in [0.4, 0.5) is 0 Å². The lowest BCUT2D eigenvalue weighted by Gasteiger charge is -2.21. The van der Waals surface area contributed by atoms with Crippen molar-refractivity contribution in [1.82, 2.24) is 0 Å². The molecule has 0 aliphatic heterocycles. The molecule has 0 spiro atoms. The number of rotatable bonds is 10. The summed E-state index contributed by atoms with van der Waals surface area (Å²) in [5.74, 6) is 0.245. The maximum Gasteiger partial charge on any atom is 0.141 e. The average molecular weight is 244 g/mol. The number of nitrogens with two attached hydrogens (primary N) is 1. The van der Waals surface area contributed by atoms with Gasteiger partial charge in [-0.05, 0) is 19.8 Å². The van der Waals surface area contributed by atoms with Crippen LogP contribution in [-0.2, 0) is 4.74 Å². The highest BCUT2D eigenvalue weighted by atomic mass is 16.5. The Balaban J connectivity index is 3.77. The topological polar surface area (TPSA) is 67.8 Å². The van der Waals surface area contributed by atoms with E-state index in [0.29, 0.717) is 6.42 Å². The molecular weight excluding hydrogens is 216 g/mol. The van der Waals surface area contributed by atoms with Gasteiger partial charge in [0.2, 0.25) is 0 Å². The molecular formula is C13H28N2O2. The van der Waals surface area contributed by atoms with Gasteiger partial charge in [0.25, 0.3) is 0 Å². The molecule has 4 nitrogen and oxygen atoms in total. The van der Waals surface area contributed by atoms with Gasteiger partial charge in [0.1, 0.15) is 5.84 Å². The van der Waals surface area contributed by atoms with E-state index >= 15 is 0 Å². The van der Waals surface area contributed by atoms with E-state index in [2.05, 4.69) is 25.9 Å². The van der Waals surface area contributed by atoms with Crippen molar-refractivity contribution in [2.24, 2.45) is 10.9 Å². The molecule has 0 radical (unpaired) electrons. The number of amidine groups is 1. The third-order valence-electron chi connectivity index (χ3n) is 2.91. The van der Waals surface area contributed by atoms with Crippen molar-refractivity contribution >= 4 is 5.84 Å². The second-order valence-electron chi connectivity index (χ2n) is 4.62. The van der Waals surface area contributed by atoms with Crippen LogP contribution in [0.5, 0.6) is 0 Å². The Bertz CT molecular complexity index is 208. The number of hydrogen-bond acceptors (Lipinski definition) is 3. The Labute approximate surface area is 105 Å². The summed E-state index contributed by atoms with van der Waals surface area (Å²) in [5.41, 5.74) is 5.48. The standard InChI is InChI=1S/C13H28N2O2/c1-4-6-7-8-9-11(3)17-12(5-2)10-13(14)15-16/h11-12,16H,4-10H2,1-3H3,(H2,14,15). The van der Waals surface area contributed by atoms with Gasteiger partial charge >= 0.3 is 0 Å². The summed E-state index contributed by atoms with van der Waals surface area (Å²) in [7, 11) is 0. The predicted molar refractivity (Wildman–Crippen MR) is 71.4 cm³/mol. The maximum absolute atomic E-state index is 8.52. The smallest absolute Gasteiger partial charge is 0.141 e. The minimum Gasteiger partial charge on any atom is -0.409 e. The van der Waals surface area contributed by atoms with Gasteiger partial charge in [-0.2, -0.15) is 0 Å². The lowest BCUT2D eigenvalue weighted by Crippen LogP contribution is -2.26. The van der Waals surface area contributed by atoms with Gasteiger partial charge in [-0.25, -0.2) is 0 Å². The van der Waals surface area contributed by atoms with Gasteiger partial charge < -0.3 is 15.7 Å². The number of oxime groups is 1. The fraction of sp³-hybridized carbons (Fsp3) is 0.923. The van der Waals surface area contributed by atoms with Crippen LogP contribution in [0.2, 0.25) is 0 Å². The molecule has 102 valence electrons. The lowest BCUT2D eigenvalue weighted by molar-refractivity contribution is -0.00534. The molecule has 0 fully saturated rings. The SMILES string of the molecule is CCCCCCC(C)OC(CC)C/C(N)=N/O. The van der Waals surface area contributed by atoms with E-state index < -0.39 is 0 Å². The second kappa shape index (κ2) is 10.4. The summed E-state index contributed by atoms with van der Waals surface area (Å²) in [6, 6.07) is 0. The third-order valence-corrected chi connectivity index (χ3v) is 2.91. The first-order valence-electron chi connectivity index (χ1n) is 6.75. The van der Waals surface area contributed by atoms with Gasteiger partial charge in [-0.1, -0.05) is 44.7 Å². The number of unbranched alkanes of at least 4 members (excludes halogenated alkanes) is 3. The summed E-state index contributed by atoms with van der Waals surface area (Å²) in [4.78, 5) is 0. The number of ether oxygens (including phenoxy) is 1. The van der Waals surface area contributed by atoms with Crippen LogP contribution in [0.15, 0.2) is 5.16 Å².